The van der Waals surface area contributed by atoms with Crippen molar-refractivity contribution in [2.24, 2.45) is 0 Å². The maximum Gasteiger partial charge on any atom is 0.115 e. The molecule has 0 nitrogen and oxygen atoms in total. The first kappa shape index (κ1) is 9.53. The maximum atomic E-state index is 12.3. The van der Waals surface area contributed by atoms with Crippen LogP contribution in [-0.4, -0.2) is 0 Å². The molecule has 0 saturated carbocycles. The molecular weight excluding hydrogens is 175 g/mol. The normalized spacial score (nSPS) is 10.8. The zero-order valence-electron chi connectivity index (χ0n) is 7.27. The van der Waals surface area contributed by atoms with Crippen LogP contribution in [0.1, 0.15) is 30.9 Å². The number of hydrogen-bond donors (Lipinski definition) is 0. The van der Waals surface area contributed by atoms with Gasteiger partial charge in [0.15, 0.2) is 0 Å². The molecule has 0 heterocycles. The summed E-state index contributed by atoms with van der Waals surface area (Å²) in [6, 6.07) is 5.40. The van der Waals surface area contributed by atoms with E-state index in [9.17, 15) is 4.39 Å². The van der Waals surface area contributed by atoms with Crippen molar-refractivity contribution in [1.82, 2.24) is 0 Å². The van der Waals surface area contributed by atoms with Crippen LogP contribution in [0.25, 0.3) is 0 Å². The number of hydrogen-bond acceptors (Lipinski definition) is 0. The van der Waals surface area contributed by atoms with Gasteiger partial charge in [0.05, 0.1) is 0 Å². The van der Waals surface area contributed by atoms with Crippen LogP contribution in [-0.2, 0) is 6.67 Å². The Bertz CT molecular complexity index is 269. The zero-order chi connectivity index (χ0) is 9.14. The lowest BCUT2D eigenvalue weighted by atomic mass is 10.0. The molecule has 1 aromatic carbocycles. The quantitative estimate of drug-likeness (QED) is 0.657. The smallest absolute Gasteiger partial charge is 0.115 e. The van der Waals surface area contributed by atoms with Crippen molar-refractivity contribution in [2.75, 3.05) is 0 Å². The molecule has 12 heavy (non-hydrogen) atoms. The summed E-state index contributed by atoms with van der Waals surface area (Å²) in [6.07, 6.45) is 0. The average molecular weight is 187 g/mol. The lowest BCUT2D eigenvalue weighted by molar-refractivity contribution is 0.485. The molecule has 0 fully saturated rings. The lowest BCUT2D eigenvalue weighted by Gasteiger charge is -2.07. The van der Waals surface area contributed by atoms with Crippen LogP contribution in [0.15, 0.2) is 18.2 Å². The summed E-state index contributed by atoms with van der Waals surface area (Å²) >= 11 is 5.81. The van der Waals surface area contributed by atoms with E-state index in [-0.39, 0.29) is 0 Å². The molecule has 0 aromatic heterocycles. The molecule has 0 amide bonds. The van der Waals surface area contributed by atoms with Gasteiger partial charge in [-0.3, -0.25) is 0 Å². The van der Waals surface area contributed by atoms with E-state index >= 15 is 0 Å². The second kappa shape index (κ2) is 3.90. The van der Waals surface area contributed by atoms with Crippen molar-refractivity contribution in [3.05, 3.63) is 34.3 Å². The largest absolute Gasteiger partial charge is 0.246 e. The van der Waals surface area contributed by atoms with Gasteiger partial charge in [-0.15, -0.1) is 0 Å². The molecule has 0 aliphatic carbocycles. The van der Waals surface area contributed by atoms with Crippen LogP contribution >= 0.6 is 11.6 Å². The van der Waals surface area contributed by atoms with Crippen LogP contribution < -0.4 is 0 Å². The fraction of sp³-hybridized carbons (Fsp3) is 0.400. The number of alkyl halides is 1. The number of benzene rings is 1. The number of rotatable bonds is 2. The Labute approximate surface area is 77.4 Å². The Morgan fingerprint density at radius 2 is 2.00 bits per heavy atom. The monoisotopic (exact) mass is 186 g/mol. The molecule has 0 atom stereocenters. The summed E-state index contributed by atoms with van der Waals surface area (Å²) in [7, 11) is 0. The summed E-state index contributed by atoms with van der Waals surface area (Å²) < 4.78 is 12.3. The molecule has 0 spiro atoms. The molecular formula is C10H12ClF. The highest BCUT2D eigenvalue weighted by Crippen LogP contribution is 2.21. The summed E-state index contributed by atoms with van der Waals surface area (Å²) in [4.78, 5) is 0. The van der Waals surface area contributed by atoms with Crippen LogP contribution in [0.5, 0.6) is 0 Å². The topological polar surface area (TPSA) is 0 Å². The molecule has 0 bridgehead atoms. The van der Waals surface area contributed by atoms with E-state index in [2.05, 4.69) is 13.8 Å². The van der Waals surface area contributed by atoms with Crippen LogP contribution in [0.4, 0.5) is 4.39 Å². The van der Waals surface area contributed by atoms with E-state index in [0.29, 0.717) is 16.5 Å². The van der Waals surface area contributed by atoms with Crippen LogP contribution in [0, 0.1) is 0 Å². The first-order valence-electron chi connectivity index (χ1n) is 3.99. The highest BCUT2D eigenvalue weighted by Gasteiger charge is 2.02. The van der Waals surface area contributed by atoms with Gasteiger partial charge in [-0.25, -0.2) is 4.39 Å². The van der Waals surface area contributed by atoms with Gasteiger partial charge in [-0.2, -0.15) is 0 Å². The predicted octanol–water partition coefficient (Wildman–Crippen LogP) is 3.93. The summed E-state index contributed by atoms with van der Waals surface area (Å²) in [6.45, 7) is 3.68. The van der Waals surface area contributed by atoms with E-state index < -0.39 is 6.67 Å². The summed E-state index contributed by atoms with van der Waals surface area (Å²) in [5, 5.41) is 0.619. The molecule has 0 radical (unpaired) electrons. The van der Waals surface area contributed by atoms with E-state index in [4.69, 9.17) is 11.6 Å². The minimum absolute atomic E-state index is 0.397. The van der Waals surface area contributed by atoms with Crippen molar-refractivity contribution in [3.63, 3.8) is 0 Å². The van der Waals surface area contributed by atoms with E-state index in [1.54, 1.807) is 6.07 Å². The molecule has 1 rings (SSSR count). The zero-order valence-corrected chi connectivity index (χ0v) is 8.03. The molecule has 66 valence electrons. The second-order valence-electron chi connectivity index (χ2n) is 3.18. The second-order valence-corrected chi connectivity index (χ2v) is 3.62. The Morgan fingerprint density at radius 3 is 2.50 bits per heavy atom. The maximum absolute atomic E-state index is 12.3. The Hall–Kier alpha value is -0.560. The van der Waals surface area contributed by atoms with Gasteiger partial charge in [0.2, 0.25) is 0 Å². The van der Waals surface area contributed by atoms with E-state index in [0.717, 1.165) is 5.56 Å². The van der Waals surface area contributed by atoms with Gasteiger partial charge >= 0.3 is 0 Å². The van der Waals surface area contributed by atoms with Gasteiger partial charge in [-0.1, -0.05) is 31.5 Å². The van der Waals surface area contributed by atoms with Crippen molar-refractivity contribution in [1.29, 1.82) is 0 Å². The molecule has 0 N–H and O–H groups in total. The van der Waals surface area contributed by atoms with Gasteiger partial charge < -0.3 is 0 Å². The molecule has 0 aliphatic rings. The third kappa shape index (κ3) is 2.21. The summed E-state index contributed by atoms with van der Waals surface area (Å²) in [5.41, 5.74) is 1.75. The van der Waals surface area contributed by atoms with Crippen molar-refractivity contribution in [3.8, 4) is 0 Å². The van der Waals surface area contributed by atoms with Crippen LogP contribution in [0.2, 0.25) is 5.02 Å². The standard InChI is InChI=1S/C10H12ClF/c1-7(2)9-3-8(6-12)4-10(11)5-9/h3-5,7H,6H2,1-2H3. The molecule has 2 heteroatoms. The van der Waals surface area contributed by atoms with Crippen molar-refractivity contribution < 1.29 is 4.39 Å². The predicted molar refractivity (Wildman–Crippen MR) is 50.4 cm³/mol. The molecule has 0 saturated heterocycles. The Morgan fingerprint density at radius 1 is 1.33 bits per heavy atom. The minimum atomic E-state index is -0.444. The minimum Gasteiger partial charge on any atom is -0.246 e. The third-order valence-electron chi connectivity index (χ3n) is 1.80. The third-order valence-corrected chi connectivity index (χ3v) is 2.02. The molecule has 0 aliphatic heterocycles. The first-order chi connectivity index (χ1) is 5.63. The van der Waals surface area contributed by atoms with Gasteiger partial charge in [0, 0.05) is 5.02 Å². The van der Waals surface area contributed by atoms with Crippen LogP contribution in [0.3, 0.4) is 0 Å². The Kier molecular flexibility index (Phi) is 3.10. The highest BCUT2D eigenvalue weighted by molar-refractivity contribution is 6.30. The number of halogens is 2. The summed E-state index contributed by atoms with van der Waals surface area (Å²) in [5.74, 6) is 0.397. The van der Waals surface area contributed by atoms with E-state index in [1.165, 1.54) is 0 Å². The molecule has 1 aromatic rings. The van der Waals surface area contributed by atoms with Crippen molar-refractivity contribution in [2.45, 2.75) is 26.4 Å². The Balaban J connectivity index is 3.06. The average Bonchev–Trinajstić information content (AvgIpc) is 2.03. The molecule has 0 unspecified atom stereocenters. The van der Waals surface area contributed by atoms with Gasteiger partial charge in [0.1, 0.15) is 6.67 Å². The lowest BCUT2D eigenvalue weighted by Crippen LogP contribution is -1.89. The SMILES string of the molecule is CC(C)c1cc(Cl)cc(CF)c1. The highest BCUT2D eigenvalue weighted by atomic mass is 35.5. The van der Waals surface area contributed by atoms with Gasteiger partial charge in [-0.05, 0) is 29.2 Å². The van der Waals surface area contributed by atoms with E-state index in [1.807, 2.05) is 12.1 Å². The fourth-order valence-corrected chi connectivity index (χ4v) is 1.35. The fourth-order valence-electron chi connectivity index (χ4n) is 1.09. The van der Waals surface area contributed by atoms with Crippen molar-refractivity contribution >= 4 is 11.6 Å². The first-order valence-corrected chi connectivity index (χ1v) is 4.36. The van der Waals surface area contributed by atoms with Gasteiger partial charge in [0.25, 0.3) is 0 Å².